The molecular weight excluding hydrogens is 216 g/mol. The Labute approximate surface area is 102 Å². The van der Waals surface area contributed by atoms with Crippen LogP contribution >= 0.6 is 0 Å². The van der Waals surface area contributed by atoms with E-state index in [1.165, 1.54) is 0 Å². The molecule has 0 aliphatic carbocycles. The van der Waals surface area contributed by atoms with Crippen LogP contribution in [0.15, 0.2) is 24.3 Å². The van der Waals surface area contributed by atoms with E-state index in [2.05, 4.69) is 0 Å². The predicted octanol–water partition coefficient (Wildman–Crippen LogP) is 2.23. The molecule has 2 rings (SSSR count). The first-order valence-corrected chi connectivity index (χ1v) is 5.98. The van der Waals surface area contributed by atoms with E-state index in [0.717, 1.165) is 17.7 Å². The maximum Gasteiger partial charge on any atom is 0.143 e. The van der Waals surface area contributed by atoms with Gasteiger partial charge in [0.2, 0.25) is 0 Å². The lowest BCUT2D eigenvalue weighted by Gasteiger charge is -2.14. The topological polar surface area (TPSA) is 35.5 Å². The first-order chi connectivity index (χ1) is 8.22. The number of rotatable bonds is 4. The number of para-hydroxylation sites is 1. The zero-order valence-electron chi connectivity index (χ0n) is 10.3. The highest BCUT2D eigenvalue weighted by molar-refractivity contribution is 5.84. The summed E-state index contributed by atoms with van der Waals surface area (Å²) in [5.41, 5.74) is 0.958. The van der Waals surface area contributed by atoms with Gasteiger partial charge in [-0.15, -0.1) is 0 Å². The molecule has 1 saturated heterocycles. The Balaban J connectivity index is 2.07. The van der Waals surface area contributed by atoms with Crippen molar-refractivity contribution in [3.63, 3.8) is 0 Å². The van der Waals surface area contributed by atoms with Gasteiger partial charge in [0, 0.05) is 24.5 Å². The summed E-state index contributed by atoms with van der Waals surface area (Å²) in [6, 6.07) is 7.67. The molecule has 0 amide bonds. The van der Waals surface area contributed by atoms with E-state index in [1.54, 1.807) is 7.11 Å². The van der Waals surface area contributed by atoms with Crippen molar-refractivity contribution in [1.29, 1.82) is 0 Å². The van der Waals surface area contributed by atoms with Crippen LogP contribution in [0.4, 0.5) is 0 Å². The molecule has 1 aromatic carbocycles. The van der Waals surface area contributed by atoms with Crippen molar-refractivity contribution in [2.45, 2.75) is 25.9 Å². The third kappa shape index (κ3) is 2.67. The predicted molar refractivity (Wildman–Crippen MR) is 65.2 cm³/mol. The van der Waals surface area contributed by atoms with Gasteiger partial charge in [0.05, 0.1) is 13.2 Å². The van der Waals surface area contributed by atoms with Crippen molar-refractivity contribution in [2.75, 3.05) is 13.7 Å². The molecule has 1 heterocycles. The maximum atomic E-state index is 12.2. The second kappa shape index (κ2) is 5.32. The number of ether oxygens (including phenoxy) is 2. The number of hydrogen-bond acceptors (Lipinski definition) is 3. The largest absolute Gasteiger partial charge is 0.496 e. The smallest absolute Gasteiger partial charge is 0.143 e. The number of benzene rings is 1. The second-order valence-electron chi connectivity index (χ2n) is 4.43. The maximum absolute atomic E-state index is 12.2. The van der Waals surface area contributed by atoms with E-state index < -0.39 is 0 Å². The van der Waals surface area contributed by atoms with E-state index in [4.69, 9.17) is 9.47 Å². The Kier molecular flexibility index (Phi) is 3.79. The van der Waals surface area contributed by atoms with Crippen LogP contribution in [-0.2, 0) is 16.0 Å². The standard InChI is InChI=1S/C14H18O3/c1-10-12(7-8-17-10)13(15)9-11-5-3-4-6-14(11)16-2/h3-6,10,12H,7-9H2,1-2H3. The molecule has 3 heteroatoms. The summed E-state index contributed by atoms with van der Waals surface area (Å²) in [6.07, 6.45) is 1.33. The Bertz CT molecular complexity index is 400. The molecule has 0 aromatic heterocycles. The van der Waals surface area contributed by atoms with Gasteiger partial charge < -0.3 is 9.47 Å². The summed E-state index contributed by atoms with van der Waals surface area (Å²) in [5, 5.41) is 0. The quantitative estimate of drug-likeness (QED) is 0.801. The van der Waals surface area contributed by atoms with Crippen LogP contribution in [-0.4, -0.2) is 25.6 Å². The van der Waals surface area contributed by atoms with Crippen LogP contribution in [0.25, 0.3) is 0 Å². The Morgan fingerprint density at radius 3 is 2.88 bits per heavy atom. The third-order valence-corrected chi connectivity index (χ3v) is 3.35. The SMILES string of the molecule is COc1ccccc1CC(=O)C1CCOC1C. The Morgan fingerprint density at radius 2 is 2.24 bits per heavy atom. The summed E-state index contributed by atoms with van der Waals surface area (Å²) in [6.45, 7) is 2.67. The molecule has 3 nitrogen and oxygen atoms in total. The number of hydrogen-bond donors (Lipinski definition) is 0. The molecule has 0 spiro atoms. The summed E-state index contributed by atoms with van der Waals surface area (Å²) in [5.74, 6) is 1.08. The fourth-order valence-corrected chi connectivity index (χ4v) is 2.32. The summed E-state index contributed by atoms with van der Waals surface area (Å²) in [7, 11) is 1.63. The van der Waals surface area contributed by atoms with Crippen molar-refractivity contribution in [2.24, 2.45) is 5.92 Å². The van der Waals surface area contributed by atoms with Crippen LogP contribution in [0.3, 0.4) is 0 Å². The van der Waals surface area contributed by atoms with Gasteiger partial charge in [-0.1, -0.05) is 18.2 Å². The van der Waals surface area contributed by atoms with Crippen LogP contribution < -0.4 is 4.74 Å². The first-order valence-electron chi connectivity index (χ1n) is 5.98. The third-order valence-electron chi connectivity index (χ3n) is 3.35. The number of carbonyl (C=O) groups is 1. The number of methoxy groups -OCH3 is 1. The number of Topliss-reactive ketones (excluding diaryl/α,β-unsaturated/α-hetero) is 1. The summed E-state index contributed by atoms with van der Waals surface area (Å²) < 4.78 is 10.7. The highest BCUT2D eigenvalue weighted by Gasteiger charge is 2.30. The fourth-order valence-electron chi connectivity index (χ4n) is 2.32. The molecule has 1 fully saturated rings. The van der Waals surface area contributed by atoms with E-state index >= 15 is 0 Å². The minimum atomic E-state index is 0.0416. The van der Waals surface area contributed by atoms with Gasteiger partial charge in [-0.25, -0.2) is 0 Å². The lowest BCUT2D eigenvalue weighted by Crippen LogP contribution is -2.23. The van der Waals surface area contributed by atoms with Crippen LogP contribution in [0.2, 0.25) is 0 Å². The van der Waals surface area contributed by atoms with Gasteiger partial charge in [0.15, 0.2) is 0 Å². The van der Waals surface area contributed by atoms with E-state index in [-0.39, 0.29) is 17.8 Å². The average Bonchev–Trinajstić information content (AvgIpc) is 2.76. The zero-order chi connectivity index (χ0) is 12.3. The van der Waals surface area contributed by atoms with Crippen molar-refractivity contribution in [1.82, 2.24) is 0 Å². The summed E-state index contributed by atoms with van der Waals surface area (Å²) in [4.78, 5) is 12.2. The van der Waals surface area contributed by atoms with Crippen LogP contribution in [0.1, 0.15) is 18.9 Å². The monoisotopic (exact) mass is 234 g/mol. The highest BCUT2D eigenvalue weighted by atomic mass is 16.5. The molecular formula is C14H18O3. The number of ketones is 1. The first kappa shape index (κ1) is 12.1. The number of carbonyl (C=O) groups excluding carboxylic acids is 1. The second-order valence-corrected chi connectivity index (χ2v) is 4.43. The van der Waals surface area contributed by atoms with Crippen molar-refractivity contribution >= 4 is 5.78 Å². The van der Waals surface area contributed by atoms with Gasteiger partial charge in [0.25, 0.3) is 0 Å². The van der Waals surface area contributed by atoms with Gasteiger partial charge in [0.1, 0.15) is 11.5 Å². The van der Waals surface area contributed by atoms with Crippen molar-refractivity contribution in [3.05, 3.63) is 29.8 Å². The highest BCUT2D eigenvalue weighted by Crippen LogP contribution is 2.25. The van der Waals surface area contributed by atoms with Gasteiger partial charge >= 0.3 is 0 Å². The van der Waals surface area contributed by atoms with E-state index in [9.17, 15) is 4.79 Å². The average molecular weight is 234 g/mol. The molecule has 1 aliphatic rings. The molecule has 17 heavy (non-hydrogen) atoms. The van der Waals surface area contributed by atoms with Crippen LogP contribution in [0.5, 0.6) is 5.75 Å². The molecule has 0 N–H and O–H groups in total. The molecule has 2 atom stereocenters. The molecule has 0 saturated carbocycles. The van der Waals surface area contributed by atoms with Crippen LogP contribution in [0, 0.1) is 5.92 Å². The van der Waals surface area contributed by atoms with Gasteiger partial charge in [-0.2, -0.15) is 0 Å². The molecule has 0 bridgehead atoms. The van der Waals surface area contributed by atoms with Crippen molar-refractivity contribution in [3.8, 4) is 5.75 Å². The molecule has 1 aromatic rings. The lowest BCUT2D eigenvalue weighted by molar-refractivity contribution is -0.123. The van der Waals surface area contributed by atoms with Crippen molar-refractivity contribution < 1.29 is 14.3 Å². The van der Waals surface area contributed by atoms with Gasteiger partial charge in [-0.3, -0.25) is 4.79 Å². The normalized spacial score (nSPS) is 23.6. The minimum Gasteiger partial charge on any atom is -0.496 e. The molecule has 92 valence electrons. The summed E-state index contributed by atoms with van der Waals surface area (Å²) >= 11 is 0. The zero-order valence-corrected chi connectivity index (χ0v) is 10.3. The molecule has 0 radical (unpaired) electrons. The van der Waals surface area contributed by atoms with E-state index in [0.29, 0.717) is 13.0 Å². The van der Waals surface area contributed by atoms with Gasteiger partial charge in [-0.05, 0) is 19.4 Å². The molecule has 1 aliphatic heterocycles. The minimum absolute atomic E-state index is 0.0416. The van der Waals surface area contributed by atoms with E-state index in [1.807, 2.05) is 31.2 Å². The lowest BCUT2D eigenvalue weighted by atomic mass is 9.92. The molecule has 2 unspecified atom stereocenters. The Morgan fingerprint density at radius 1 is 1.47 bits per heavy atom. The Hall–Kier alpha value is -1.35. The fraction of sp³-hybridized carbons (Fsp3) is 0.500.